The van der Waals surface area contributed by atoms with Gasteiger partial charge < -0.3 is 0 Å². The Morgan fingerprint density at radius 2 is 1.88 bits per heavy atom. The molecule has 0 amide bonds. The molecule has 3 nitrogen and oxygen atoms in total. The highest BCUT2D eigenvalue weighted by Gasteiger charge is 2.16. The van der Waals surface area contributed by atoms with Crippen LogP contribution < -0.4 is 0 Å². The molecule has 1 unspecified atom stereocenters. The van der Waals surface area contributed by atoms with Crippen LogP contribution in [0.2, 0.25) is 0 Å². The zero-order valence-electron chi connectivity index (χ0n) is 9.93. The lowest BCUT2D eigenvalue weighted by atomic mass is 10.1. The molecule has 0 saturated heterocycles. The van der Waals surface area contributed by atoms with Gasteiger partial charge in [0.25, 0.3) is 0 Å². The Kier molecular flexibility index (Phi) is 4.48. The first-order valence-electron chi connectivity index (χ1n) is 5.29. The highest BCUT2D eigenvalue weighted by atomic mass is 17.2. The minimum atomic E-state index is -0.568. The first-order chi connectivity index (χ1) is 7.51. The Labute approximate surface area is 96.5 Å². The molecule has 0 aliphatic rings. The van der Waals surface area contributed by atoms with Gasteiger partial charge in [0.05, 0.1) is 11.7 Å². The average Bonchev–Trinajstić information content (AvgIpc) is 2.24. The predicted molar refractivity (Wildman–Crippen MR) is 61.5 cm³/mol. The van der Waals surface area contributed by atoms with Gasteiger partial charge in [0.2, 0.25) is 0 Å². The maximum Gasteiger partial charge on any atom is 0.183 e. The van der Waals surface area contributed by atoms with E-state index in [9.17, 15) is 0 Å². The Bertz CT molecular complexity index is 348. The van der Waals surface area contributed by atoms with Crippen molar-refractivity contribution in [1.82, 2.24) is 0 Å². The van der Waals surface area contributed by atoms with Crippen molar-refractivity contribution in [3.05, 3.63) is 35.9 Å². The van der Waals surface area contributed by atoms with Crippen LogP contribution in [0, 0.1) is 11.3 Å². The van der Waals surface area contributed by atoms with E-state index in [4.69, 9.17) is 15.0 Å². The quantitative estimate of drug-likeness (QED) is 0.577. The lowest BCUT2D eigenvalue weighted by Gasteiger charge is -2.19. The monoisotopic (exact) mass is 219 g/mol. The molecule has 3 heteroatoms. The van der Waals surface area contributed by atoms with E-state index >= 15 is 0 Å². The molecule has 0 spiro atoms. The van der Waals surface area contributed by atoms with E-state index in [0.717, 1.165) is 5.56 Å². The topological polar surface area (TPSA) is 42.2 Å². The summed E-state index contributed by atoms with van der Waals surface area (Å²) in [5.41, 5.74) is 0.665. The Morgan fingerprint density at radius 1 is 1.25 bits per heavy atom. The van der Waals surface area contributed by atoms with Crippen LogP contribution in [-0.4, -0.2) is 11.7 Å². The van der Waals surface area contributed by atoms with E-state index in [2.05, 4.69) is 6.07 Å². The third kappa shape index (κ3) is 4.92. The maximum atomic E-state index is 8.93. The van der Waals surface area contributed by atoms with Gasteiger partial charge in [0, 0.05) is 6.42 Å². The number of nitrogens with zero attached hydrogens (tertiary/aromatic N) is 1. The van der Waals surface area contributed by atoms with Crippen molar-refractivity contribution in [2.45, 2.75) is 38.9 Å². The number of hydrogen-bond acceptors (Lipinski definition) is 3. The fraction of sp³-hybridized carbons (Fsp3) is 0.462. The van der Waals surface area contributed by atoms with Crippen molar-refractivity contribution in [3.63, 3.8) is 0 Å². The van der Waals surface area contributed by atoms with Crippen LogP contribution in [0.25, 0.3) is 0 Å². The first-order valence-corrected chi connectivity index (χ1v) is 5.29. The Balaban J connectivity index is 2.48. The largest absolute Gasteiger partial charge is 0.230 e. The molecule has 0 saturated carbocycles. The van der Waals surface area contributed by atoms with Gasteiger partial charge in [-0.15, -0.1) is 0 Å². The molecule has 0 aliphatic heterocycles. The SMILES string of the molecule is CC(C)(C)OOC(C#N)Cc1ccccc1. The van der Waals surface area contributed by atoms with Crippen molar-refractivity contribution in [2.24, 2.45) is 0 Å². The van der Waals surface area contributed by atoms with Crippen molar-refractivity contribution in [2.75, 3.05) is 0 Å². The van der Waals surface area contributed by atoms with Gasteiger partial charge in [-0.25, -0.2) is 9.78 Å². The molecule has 1 atom stereocenters. The fourth-order valence-corrected chi connectivity index (χ4v) is 1.13. The van der Waals surface area contributed by atoms with Gasteiger partial charge in [-0.1, -0.05) is 30.3 Å². The second-order valence-corrected chi connectivity index (χ2v) is 4.60. The molecule has 0 radical (unpaired) electrons. The number of nitriles is 1. The molecule has 0 heterocycles. The molecule has 1 aromatic carbocycles. The van der Waals surface area contributed by atoms with Crippen molar-refractivity contribution < 1.29 is 9.78 Å². The minimum absolute atomic E-state index is 0.397. The van der Waals surface area contributed by atoms with Crippen LogP contribution in [0.15, 0.2) is 30.3 Å². The summed E-state index contributed by atoms with van der Waals surface area (Å²) in [6, 6.07) is 11.8. The third-order valence-corrected chi connectivity index (χ3v) is 1.82. The van der Waals surface area contributed by atoms with Gasteiger partial charge in [0.15, 0.2) is 6.10 Å². The van der Waals surface area contributed by atoms with Crippen LogP contribution in [-0.2, 0) is 16.2 Å². The minimum Gasteiger partial charge on any atom is -0.230 e. The van der Waals surface area contributed by atoms with Crippen LogP contribution in [0.4, 0.5) is 0 Å². The molecule has 86 valence electrons. The molecule has 1 aromatic rings. The van der Waals surface area contributed by atoms with Crippen molar-refractivity contribution >= 4 is 0 Å². The fourth-order valence-electron chi connectivity index (χ4n) is 1.13. The van der Waals surface area contributed by atoms with Gasteiger partial charge in [-0.3, -0.25) is 0 Å². The zero-order chi connectivity index (χ0) is 12.0. The van der Waals surface area contributed by atoms with Gasteiger partial charge in [0.1, 0.15) is 0 Å². The van der Waals surface area contributed by atoms with E-state index in [0.29, 0.717) is 6.42 Å². The molecule has 0 aliphatic carbocycles. The lowest BCUT2D eigenvalue weighted by Crippen LogP contribution is -2.24. The second-order valence-electron chi connectivity index (χ2n) is 4.60. The van der Waals surface area contributed by atoms with E-state index in [-0.39, 0.29) is 0 Å². The Hall–Kier alpha value is -1.37. The number of benzene rings is 1. The first kappa shape index (κ1) is 12.7. The van der Waals surface area contributed by atoms with Gasteiger partial charge in [-0.2, -0.15) is 5.26 Å². The molecule has 0 bridgehead atoms. The lowest BCUT2D eigenvalue weighted by molar-refractivity contribution is -0.362. The summed E-state index contributed by atoms with van der Waals surface area (Å²) >= 11 is 0. The van der Waals surface area contributed by atoms with Gasteiger partial charge in [-0.05, 0) is 26.3 Å². The second kappa shape index (κ2) is 5.64. The summed E-state index contributed by atoms with van der Waals surface area (Å²) in [6.07, 6.45) is -0.0328. The summed E-state index contributed by atoms with van der Waals surface area (Å²) in [4.78, 5) is 10.2. The maximum absolute atomic E-state index is 8.93. The highest BCUT2D eigenvalue weighted by molar-refractivity contribution is 5.16. The third-order valence-electron chi connectivity index (χ3n) is 1.82. The summed E-state index contributed by atoms with van der Waals surface area (Å²) in [7, 11) is 0. The molecule has 1 rings (SSSR count). The van der Waals surface area contributed by atoms with Crippen LogP contribution in [0.1, 0.15) is 26.3 Å². The summed E-state index contributed by atoms with van der Waals surface area (Å²) in [5, 5.41) is 8.93. The zero-order valence-corrected chi connectivity index (χ0v) is 9.93. The predicted octanol–water partition coefficient (Wildman–Crippen LogP) is 2.87. The summed E-state index contributed by atoms with van der Waals surface area (Å²) in [5.74, 6) is 0. The van der Waals surface area contributed by atoms with E-state index in [1.54, 1.807) is 0 Å². The van der Waals surface area contributed by atoms with Gasteiger partial charge >= 0.3 is 0 Å². The molecule has 16 heavy (non-hydrogen) atoms. The summed E-state index contributed by atoms with van der Waals surface area (Å²) in [6.45, 7) is 5.64. The molecular weight excluding hydrogens is 202 g/mol. The van der Waals surface area contributed by atoms with Crippen LogP contribution >= 0.6 is 0 Å². The van der Waals surface area contributed by atoms with Crippen molar-refractivity contribution in [3.8, 4) is 6.07 Å². The molecule has 0 aromatic heterocycles. The molecular formula is C13H17NO2. The van der Waals surface area contributed by atoms with Crippen LogP contribution in [0.5, 0.6) is 0 Å². The summed E-state index contributed by atoms with van der Waals surface area (Å²) < 4.78 is 0. The van der Waals surface area contributed by atoms with Crippen molar-refractivity contribution in [1.29, 1.82) is 5.26 Å². The average molecular weight is 219 g/mol. The van der Waals surface area contributed by atoms with Crippen LogP contribution in [0.3, 0.4) is 0 Å². The molecule has 0 fully saturated rings. The smallest absolute Gasteiger partial charge is 0.183 e. The van der Waals surface area contributed by atoms with E-state index in [1.807, 2.05) is 51.1 Å². The Morgan fingerprint density at radius 3 is 2.38 bits per heavy atom. The van der Waals surface area contributed by atoms with E-state index < -0.39 is 11.7 Å². The molecule has 0 N–H and O–H groups in total. The normalized spacial score (nSPS) is 13.1. The number of hydrogen-bond donors (Lipinski definition) is 0. The highest BCUT2D eigenvalue weighted by Crippen LogP contribution is 2.11. The number of rotatable bonds is 4. The van der Waals surface area contributed by atoms with E-state index in [1.165, 1.54) is 0 Å². The standard InChI is InChI=1S/C13H17NO2/c1-13(2,3)16-15-12(10-14)9-11-7-5-4-6-8-11/h4-8,12H,9H2,1-3H3.